The van der Waals surface area contributed by atoms with Crippen molar-refractivity contribution in [2.75, 3.05) is 25.4 Å². The molecule has 0 radical (unpaired) electrons. The topological polar surface area (TPSA) is 66.5 Å². The van der Waals surface area contributed by atoms with E-state index in [0.29, 0.717) is 32.0 Å². The summed E-state index contributed by atoms with van der Waals surface area (Å²) in [6, 6.07) is 1.97. The van der Waals surface area contributed by atoms with Crippen molar-refractivity contribution >= 4 is 27.3 Å². The van der Waals surface area contributed by atoms with Crippen LogP contribution in [0, 0.1) is 0 Å². The van der Waals surface area contributed by atoms with Crippen LogP contribution in [0.1, 0.15) is 41.4 Å². The smallest absolute Gasteiger partial charge is 0.261 e. The molecule has 0 saturated carbocycles. The maximum absolute atomic E-state index is 12.1. The highest BCUT2D eigenvalue weighted by molar-refractivity contribution is 7.89. The average molecular weight is 316 g/mol. The lowest BCUT2D eigenvalue weighted by Crippen LogP contribution is -2.35. The Labute approximate surface area is 124 Å². The number of thiophene rings is 1. The van der Waals surface area contributed by atoms with Crippen LogP contribution in [0.3, 0.4) is 0 Å². The molecule has 112 valence electrons. The molecule has 0 aromatic carbocycles. The molecule has 1 aromatic heterocycles. The Morgan fingerprint density at radius 3 is 2.85 bits per heavy atom. The molecule has 0 spiro atoms. The Hall–Kier alpha value is -0.920. The Kier molecular flexibility index (Phi) is 4.82. The van der Waals surface area contributed by atoms with Gasteiger partial charge in [-0.25, -0.2) is 12.7 Å². The van der Waals surface area contributed by atoms with Gasteiger partial charge in [-0.1, -0.05) is 13.8 Å². The van der Waals surface area contributed by atoms with Crippen molar-refractivity contribution in [2.24, 2.45) is 0 Å². The fraction of sp³-hybridized carbons (Fsp3) is 0.615. The lowest BCUT2D eigenvalue weighted by Gasteiger charge is -2.14. The van der Waals surface area contributed by atoms with Crippen molar-refractivity contribution in [1.29, 1.82) is 0 Å². The standard InChI is InChI=1S/C13H20N2O3S2/c1-10(2)11-4-8-19-12(11)13(16)14-5-7-15-6-3-9-20(15,17)18/h4,8,10H,3,5-7,9H2,1-2H3,(H,14,16). The number of hydrogen-bond donors (Lipinski definition) is 1. The van der Waals surface area contributed by atoms with Crippen LogP contribution in [0.2, 0.25) is 0 Å². The quantitative estimate of drug-likeness (QED) is 0.898. The van der Waals surface area contributed by atoms with Crippen LogP contribution in [-0.2, 0) is 10.0 Å². The number of rotatable bonds is 5. The van der Waals surface area contributed by atoms with Crippen LogP contribution in [0.25, 0.3) is 0 Å². The van der Waals surface area contributed by atoms with Crippen molar-refractivity contribution in [1.82, 2.24) is 9.62 Å². The highest BCUT2D eigenvalue weighted by atomic mass is 32.2. The highest BCUT2D eigenvalue weighted by Gasteiger charge is 2.27. The number of nitrogens with one attached hydrogen (secondary N) is 1. The molecular formula is C13H20N2O3S2. The molecule has 20 heavy (non-hydrogen) atoms. The Bertz CT molecular complexity index is 578. The number of carbonyl (C=O) groups excluding carboxylic acids is 1. The first-order valence-corrected chi connectivity index (χ1v) is 9.24. The van der Waals surface area contributed by atoms with E-state index >= 15 is 0 Å². The van der Waals surface area contributed by atoms with Crippen molar-refractivity contribution in [3.63, 3.8) is 0 Å². The summed E-state index contributed by atoms with van der Waals surface area (Å²) in [4.78, 5) is 12.8. The van der Waals surface area contributed by atoms with Crippen LogP contribution < -0.4 is 5.32 Å². The predicted molar refractivity (Wildman–Crippen MR) is 80.7 cm³/mol. The van der Waals surface area contributed by atoms with Crippen molar-refractivity contribution < 1.29 is 13.2 Å². The fourth-order valence-electron chi connectivity index (χ4n) is 2.28. The summed E-state index contributed by atoms with van der Waals surface area (Å²) in [5.74, 6) is 0.421. The Morgan fingerprint density at radius 1 is 1.50 bits per heavy atom. The Balaban J connectivity index is 1.88. The van der Waals surface area contributed by atoms with E-state index in [1.807, 2.05) is 11.4 Å². The van der Waals surface area contributed by atoms with E-state index in [1.54, 1.807) is 0 Å². The van der Waals surface area contributed by atoms with Gasteiger partial charge in [0.05, 0.1) is 10.6 Å². The summed E-state index contributed by atoms with van der Waals surface area (Å²) in [6.45, 7) is 5.38. The molecule has 1 N–H and O–H groups in total. The van der Waals surface area contributed by atoms with Crippen LogP contribution >= 0.6 is 11.3 Å². The van der Waals surface area contributed by atoms with Gasteiger partial charge in [-0.3, -0.25) is 4.79 Å². The van der Waals surface area contributed by atoms with Gasteiger partial charge in [0.1, 0.15) is 0 Å². The van der Waals surface area contributed by atoms with E-state index in [0.717, 1.165) is 10.4 Å². The maximum atomic E-state index is 12.1. The summed E-state index contributed by atoms with van der Waals surface area (Å²) >= 11 is 1.42. The lowest BCUT2D eigenvalue weighted by atomic mass is 10.0. The maximum Gasteiger partial charge on any atom is 0.261 e. The zero-order valence-electron chi connectivity index (χ0n) is 11.8. The fourth-order valence-corrected chi connectivity index (χ4v) is 4.77. The van der Waals surface area contributed by atoms with Gasteiger partial charge in [-0.05, 0) is 29.3 Å². The number of nitrogens with zero attached hydrogens (tertiary/aromatic N) is 1. The minimum absolute atomic E-state index is 0.111. The number of sulfonamides is 1. The molecule has 1 amide bonds. The van der Waals surface area contributed by atoms with Gasteiger partial charge in [-0.2, -0.15) is 0 Å². The van der Waals surface area contributed by atoms with E-state index in [1.165, 1.54) is 15.6 Å². The zero-order valence-corrected chi connectivity index (χ0v) is 13.4. The van der Waals surface area contributed by atoms with Crippen molar-refractivity contribution in [3.05, 3.63) is 21.9 Å². The van der Waals surface area contributed by atoms with Gasteiger partial charge in [0.15, 0.2) is 0 Å². The van der Waals surface area contributed by atoms with E-state index in [2.05, 4.69) is 19.2 Å². The summed E-state index contributed by atoms with van der Waals surface area (Å²) < 4.78 is 24.7. The summed E-state index contributed by atoms with van der Waals surface area (Å²) in [5, 5.41) is 4.72. The number of amides is 1. The Morgan fingerprint density at radius 2 is 2.25 bits per heavy atom. The van der Waals surface area contributed by atoms with Gasteiger partial charge in [-0.15, -0.1) is 11.3 Å². The molecule has 2 rings (SSSR count). The minimum Gasteiger partial charge on any atom is -0.350 e. The van der Waals surface area contributed by atoms with E-state index < -0.39 is 10.0 Å². The monoisotopic (exact) mass is 316 g/mol. The largest absolute Gasteiger partial charge is 0.350 e. The van der Waals surface area contributed by atoms with Crippen LogP contribution in [0.5, 0.6) is 0 Å². The highest BCUT2D eigenvalue weighted by Crippen LogP contribution is 2.24. The third-order valence-corrected chi connectivity index (χ3v) is 6.26. The van der Waals surface area contributed by atoms with Gasteiger partial charge in [0.2, 0.25) is 10.0 Å². The first kappa shape index (κ1) is 15.5. The molecule has 2 heterocycles. The molecule has 0 unspecified atom stereocenters. The van der Waals surface area contributed by atoms with Gasteiger partial charge >= 0.3 is 0 Å². The first-order valence-electron chi connectivity index (χ1n) is 6.75. The average Bonchev–Trinajstić information content (AvgIpc) is 2.96. The van der Waals surface area contributed by atoms with Crippen LogP contribution in [0.15, 0.2) is 11.4 Å². The summed E-state index contributed by atoms with van der Waals surface area (Å²) in [5.41, 5.74) is 1.04. The normalized spacial score (nSPS) is 18.6. The lowest BCUT2D eigenvalue weighted by molar-refractivity contribution is 0.0954. The third kappa shape index (κ3) is 3.39. The summed E-state index contributed by atoms with van der Waals surface area (Å²) in [6.07, 6.45) is 0.679. The van der Waals surface area contributed by atoms with Crippen molar-refractivity contribution in [2.45, 2.75) is 26.2 Å². The molecule has 1 aromatic rings. The number of hydrogen-bond acceptors (Lipinski definition) is 4. The van der Waals surface area contributed by atoms with Crippen LogP contribution in [0.4, 0.5) is 0 Å². The second-order valence-corrected chi connectivity index (χ2v) is 8.19. The number of carbonyl (C=O) groups is 1. The SMILES string of the molecule is CC(C)c1ccsc1C(=O)NCCN1CCCS1(=O)=O. The molecule has 7 heteroatoms. The third-order valence-electron chi connectivity index (χ3n) is 3.37. The van der Waals surface area contributed by atoms with E-state index in [-0.39, 0.29) is 11.7 Å². The van der Waals surface area contributed by atoms with E-state index in [9.17, 15) is 13.2 Å². The molecule has 5 nitrogen and oxygen atoms in total. The first-order chi connectivity index (χ1) is 9.42. The molecule has 0 bridgehead atoms. The molecule has 1 aliphatic rings. The minimum atomic E-state index is -3.08. The summed E-state index contributed by atoms with van der Waals surface area (Å²) in [7, 11) is -3.08. The molecule has 1 fully saturated rings. The van der Waals surface area contributed by atoms with Crippen LogP contribution in [-0.4, -0.2) is 44.0 Å². The van der Waals surface area contributed by atoms with E-state index in [4.69, 9.17) is 0 Å². The molecule has 1 aliphatic heterocycles. The van der Waals surface area contributed by atoms with Gasteiger partial charge in [0, 0.05) is 19.6 Å². The van der Waals surface area contributed by atoms with Crippen molar-refractivity contribution in [3.8, 4) is 0 Å². The van der Waals surface area contributed by atoms with Gasteiger partial charge in [0.25, 0.3) is 5.91 Å². The second-order valence-electron chi connectivity index (χ2n) is 5.18. The molecule has 0 atom stereocenters. The molecular weight excluding hydrogens is 296 g/mol. The molecule has 1 saturated heterocycles. The van der Waals surface area contributed by atoms with Gasteiger partial charge < -0.3 is 5.32 Å². The zero-order chi connectivity index (χ0) is 14.8. The second kappa shape index (κ2) is 6.24. The molecule has 0 aliphatic carbocycles. The predicted octanol–water partition coefficient (Wildman–Crippen LogP) is 1.64.